The summed E-state index contributed by atoms with van der Waals surface area (Å²) in [7, 11) is 0. The van der Waals surface area contributed by atoms with E-state index in [1.54, 1.807) is 6.92 Å². The van der Waals surface area contributed by atoms with Gasteiger partial charge in [0.1, 0.15) is 0 Å². The van der Waals surface area contributed by atoms with E-state index < -0.39 is 12.8 Å². The molecule has 1 unspecified atom stereocenters. The molecule has 6 heteroatoms. The van der Waals surface area contributed by atoms with E-state index >= 15 is 0 Å². The molecule has 0 aromatic rings. The Morgan fingerprint density at radius 2 is 2.09 bits per heavy atom. The van der Waals surface area contributed by atoms with Gasteiger partial charge in [-0.05, 0) is 6.92 Å². The minimum Gasteiger partial charge on any atom is -0.292 e. The number of halogens is 4. The summed E-state index contributed by atoms with van der Waals surface area (Å²) in [4.78, 5) is 4.05. The summed E-state index contributed by atoms with van der Waals surface area (Å²) in [5.74, 6) is 0. The zero-order valence-electron chi connectivity index (χ0n) is 5.91. The lowest BCUT2D eigenvalue weighted by molar-refractivity contribution is -0.189. The lowest BCUT2D eigenvalue weighted by atomic mass is 10.5. The second kappa shape index (κ2) is 4.79. The van der Waals surface area contributed by atoms with Crippen LogP contribution in [0.25, 0.3) is 0 Å². The lowest BCUT2D eigenvalue weighted by Gasteiger charge is -2.08. The molecule has 0 bridgehead atoms. The van der Waals surface area contributed by atoms with E-state index in [-0.39, 0.29) is 11.9 Å². The van der Waals surface area contributed by atoms with E-state index in [0.717, 1.165) is 0 Å². The van der Waals surface area contributed by atoms with Crippen LogP contribution in [0.5, 0.6) is 0 Å². The van der Waals surface area contributed by atoms with Crippen molar-refractivity contribution in [3.05, 3.63) is 0 Å². The summed E-state index contributed by atoms with van der Waals surface area (Å²) >= 11 is 5.40. The van der Waals surface area contributed by atoms with Crippen LogP contribution in [0.3, 0.4) is 0 Å². The van der Waals surface area contributed by atoms with E-state index in [1.165, 1.54) is 0 Å². The van der Waals surface area contributed by atoms with Crippen LogP contribution in [0.2, 0.25) is 0 Å². The molecule has 11 heavy (non-hydrogen) atoms. The zero-order valence-corrected chi connectivity index (χ0v) is 6.67. The van der Waals surface area contributed by atoms with E-state index in [1.807, 2.05) is 0 Å². The molecule has 0 heterocycles. The average Bonchev–Trinajstić information content (AvgIpc) is 1.78. The minimum absolute atomic E-state index is 0.192. The molecule has 2 nitrogen and oxygen atoms in total. The molecule has 0 aliphatic carbocycles. The molecule has 68 valence electrons. The molecule has 0 aromatic heterocycles. The van der Waals surface area contributed by atoms with Gasteiger partial charge in [-0.15, -0.1) is 11.6 Å². The Bertz CT molecular complexity index is 106. The molecule has 1 N–H and O–H groups in total. The highest BCUT2D eigenvalue weighted by Gasteiger charge is 2.27. The molecule has 0 saturated carbocycles. The Morgan fingerprint density at radius 3 is 2.45 bits per heavy atom. The Labute approximate surface area is 67.6 Å². The number of nitrogens with one attached hydrogen (secondary N) is 1. The number of alkyl halides is 4. The van der Waals surface area contributed by atoms with Gasteiger partial charge in [-0.1, -0.05) is 0 Å². The van der Waals surface area contributed by atoms with Crippen molar-refractivity contribution in [2.24, 2.45) is 0 Å². The smallest absolute Gasteiger partial charge is 0.292 e. The summed E-state index contributed by atoms with van der Waals surface area (Å²) in [5.41, 5.74) is 2.09. The van der Waals surface area contributed by atoms with Gasteiger partial charge in [-0.25, -0.2) is 5.48 Å². The topological polar surface area (TPSA) is 21.3 Å². The molecule has 0 aliphatic rings. The summed E-state index contributed by atoms with van der Waals surface area (Å²) in [6, 6.07) is 0. The first-order valence-electron chi connectivity index (χ1n) is 2.97. The fourth-order valence-corrected chi connectivity index (χ4v) is 0.370. The predicted octanol–water partition coefficient (Wildman–Crippen LogP) is 1.70. The van der Waals surface area contributed by atoms with Crippen LogP contribution < -0.4 is 5.48 Å². The average molecular weight is 192 g/mol. The van der Waals surface area contributed by atoms with Crippen LogP contribution in [0.15, 0.2) is 0 Å². The molecule has 0 rings (SSSR count). The fourth-order valence-electron chi connectivity index (χ4n) is 0.307. The second-order valence-electron chi connectivity index (χ2n) is 2.03. The summed E-state index contributed by atoms with van der Waals surface area (Å²) < 4.78 is 34.1. The first kappa shape index (κ1) is 11.0. The van der Waals surface area contributed by atoms with Crippen LogP contribution in [0, 0.1) is 0 Å². The molecule has 1 atom stereocenters. The maximum absolute atomic E-state index is 11.4. The monoisotopic (exact) mass is 191 g/mol. The predicted molar refractivity (Wildman–Crippen MR) is 35.3 cm³/mol. The molecule has 0 aromatic carbocycles. The van der Waals surface area contributed by atoms with Crippen molar-refractivity contribution in [1.82, 2.24) is 5.48 Å². The highest BCUT2D eigenvalue weighted by molar-refractivity contribution is 6.20. The highest BCUT2D eigenvalue weighted by atomic mass is 35.5. The third kappa shape index (κ3) is 10.0. The number of rotatable bonds is 4. The molecule has 0 spiro atoms. The normalized spacial score (nSPS) is 15.0. The molecule has 0 aliphatic heterocycles. The van der Waals surface area contributed by atoms with Gasteiger partial charge in [0, 0.05) is 11.9 Å². The fraction of sp³-hybridized carbons (Fsp3) is 1.00. The van der Waals surface area contributed by atoms with Crippen molar-refractivity contribution in [2.45, 2.75) is 18.5 Å². The van der Waals surface area contributed by atoms with E-state index in [4.69, 9.17) is 11.6 Å². The quantitative estimate of drug-likeness (QED) is 0.415. The Hall–Kier alpha value is -0.0000000000000000555. The van der Waals surface area contributed by atoms with Gasteiger partial charge in [0.25, 0.3) is 0 Å². The van der Waals surface area contributed by atoms with E-state index in [2.05, 4.69) is 10.3 Å². The third-order valence-corrected chi connectivity index (χ3v) is 0.857. The van der Waals surface area contributed by atoms with Gasteiger partial charge in [-0.2, -0.15) is 13.2 Å². The third-order valence-electron chi connectivity index (χ3n) is 0.703. The van der Waals surface area contributed by atoms with Crippen LogP contribution in [0.4, 0.5) is 13.2 Å². The number of hydroxylamine groups is 1. The van der Waals surface area contributed by atoms with Crippen molar-refractivity contribution >= 4 is 11.6 Å². The Balaban J connectivity index is 3.15. The van der Waals surface area contributed by atoms with E-state index in [0.29, 0.717) is 0 Å². The van der Waals surface area contributed by atoms with Gasteiger partial charge in [-0.3, -0.25) is 4.84 Å². The van der Waals surface area contributed by atoms with Crippen LogP contribution in [-0.4, -0.2) is 24.7 Å². The number of hydrogen-bond donors (Lipinski definition) is 1. The zero-order chi connectivity index (χ0) is 8.91. The van der Waals surface area contributed by atoms with Crippen LogP contribution in [-0.2, 0) is 4.84 Å². The highest BCUT2D eigenvalue weighted by Crippen LogP contribution is 2.13. The van der Waals surface area contributed by atoms with Crippen molar-refractivity contribution < 1.29 is 18.0 Å². The largest absolute Gasteiger partial charge is 0.413 e. The van der Waals surface area contributed by atoms with Gasteiger partial charge in [0.2, 0.25) is 0 Å². The van der Waals surface area contributed by atoms with E-state index in [9.17, 15) is 13.2 Å². The summed E-state index contributed by atoms with van der Waals surface area (Å²) in [5, 5.41) is -0.247. The minimum atomic E-state index is -4.29. The van der Waals surface area contributed by atoms with Crippen molar-refractivity contribution in [2.75, 3.05) is 13.2 Å². The van der Waals surface area contributed by atoms with Crippen molar-refractivity contribution in [3.63, 3.8) is 0 Å². The molecular formula is C5H9ClF3NO. The first-order chi connectivity index (χ1) is 4.92. The van der Waals surface area contributed by atoms with Crippen LogP contribution in [0.1, 0.15) is 6.92 Å². The molecule has 0 fully saturated rings. The Morgan fingerprint density at radius 1 is 1.55 bits per heavy atom. The maximum Gasteiger partial charge on any atom is 0.413 e. The summed E-state index contributed by atoms with van der Waals surface area (Å²) in [6.07, 6.45) is -4.29. The van der Waals surface area contributed by atoms with Gasteiger partial charge in [0.15, 0.2) is 6.61 Å². The maximum atomic E-state index is 11.4. The Kier molecular flexibility index (Phi) is 4.79. The first-order valence-corrected chi connectivity index (χ1v) is 3.41. The molecule has 0 radical (unpaired) electrons. The van der Waals surface area contributed by atoms with Gasteiger partial charge in [0.05, 0.1) is 0 Å². The van der Waals surface area contributed by atoms with Gasteiger partial charge < -0.3 is 0 Å². The lowest BCUT2D eigenvalue weighted by Crippen LogP contribution is -2.28. The van der Waals surface area contributed by atoms with Crippen LogP contribution >= 0.6 is 11.6 Å². The molecular weight excluding hydrogens is 183 g/mol. The van der Waals surface area contributed by atoms with Crippen molar-refractivity contribution in [1.29, 1.82) is 0 Å². The molecule has 0 amide bonds. The number of hydrogen-bond acceptors (Lipinski definition) is 2. The molecule has 0 saturated heterocycles. The SMILES string of the molecule is CC(Cl)CNOCC(F)(F)F. The van der Waals surface area contributed by atoms with Gasteiger partial charge >= 0.3 is 6.18 Å². The van der Waals surface area contributed by atoms with Crippen molar-refractivity contribution in [3.8, 4) is 0 Å². The standard InChI is InChI=1S/C5H9ClF3NO/c1-4(6)2-10-11-3-5(7,8)9/h4,10H,2-3H2,1H3. The summed E-state index contributed by atoms with van der Waals surface area (Å²) in [6.45, 7) is 0.541. The second-order valence-corrected chi connectivity index (χ2v) is 2.78.